The monoisotopic (exact) mass is 385 g/mol. The van der Waals surface area contributed by atoms with E-state index in [-0.39, 0.29) is 30.6 Å². The first-order valence-electron chi connectivity index (χ1n) is 7.89. The summed E-state index contributed by atoms with van der Waals surface area (Å²) in [6.07, 6.45) is -2.52. The predicted molar refractivity (Wildman–Crippen MR) is 99.4 cm³/mol. The topological polar surface area (TPSA) is 38.7 Å². The lowest BCUT2D eigenvalue weighted by molar-refractivity contribution is 0.0170. The lowest BCUT2D eigenvalue weighted by Gasteiger charge is -2.35. The van der Waals surface area contributed by atoms with E-state index in [1.165, 1.54) is 0 Å². The molecule has 1 saturated heterocycles. The van der Waals surface area contributed by atoms with Crippen LogP contribution in [-0.2, 0) is 0 Å². The van der Waals surface area contributed by atoms with Crippen LogP contribution in [0.4, 0.5) is 14.5 Å². The standard InChI is InChI=1S/C16H25F2N3O.2ClH/c1-3-20(4-2)12-5-6-13(14(22)11-12)15(16(17)18)21-9-7-19-8-10-21;;/h5-6,11,15-16,19,22H,3-4,7-10H2,1-2H3;2*1H/t15-;;/m0../s1. The van der Waals surface area contributed by atoms with Crippen molar-refractivity contribution in [2.24, 2.45) is 0 Å². The van der Waals surface area contributed by atoms with Gasteiger partial charge in [0.15, 0.2) is 0 Å². The van der Waals surface area contributed by atoms with Crippen LogP contribution in [0.1, 0.15) is 25.5 Å². The summed E-state index contributed by atoms with van der Waals surface area (Å²) in [5, 5.41) is 13.4. The van der Waals surface area contributed by atoms with Crippen molar-refractivity contribution < 1.29 is 13.9 Å². The molecule has 1 atom stereocenters. The Bertz CT molecular complexity index is 484. The minimum absolute atomic E-state index is 0. The lowest BCUT2D eigenvalue weighted by atomic mass is 10.0. The molecule has 0 saturated carbocycles. The molecule has 0 aromatic heterocycles. The highest BCUT2D eigenvalue weighted by atomic mass is 35.5. The zero-order valence-electron chi connectivity index (χ0n) is 14.0. The van der Waals surface area contributed by atoms with Gasteiger partial charge in [0.25, 0.3) is 6.43 Å². The number of piperazine rings is 1. The molecule has 24 heavy (non-hydrogen) atoms. The number of benzene rings is 1. The van der Waals surface area contributed by atoms with Gasteiger partial charge in [0.1, 0.15) is 5.75 Å². The Hall–Kier alpha value is -0.820. The quantitative estimate of drug-likeness (QED) is 0.787. The average Bonchev–Trinajstić information content (AvgIpc) is 2.51. The zero-order chi connectivity index (χ0) is 16.1. The van der Waals surface area contributed by atoms with Crippen molar-refractivity contribution >= 4 is 30.5 Å². The average molecular weight is 386 g/mol. The molecule has 1 heterocycles. The van der Waals surface area contributed by atoms with Gasteiger partial charge in [0.2, 0.25) is 0 Å². The first kappa shape index (κ1) is 23.2. The van der Waals surface area contributed by atoms with Gasteiger partial charge in [0, 0.05) is 56.6 Å². The molecule has 4 nitrogen and oxygen atoms in total. The van der Waals surface area contributed by atoms with Crippen LogP contribution in [0.3, 0.4) is 0 Å². The fourth-order valence-corrected chi connectivity index (χ4v) is 3.02. The van der Waals surface area contributed by atoms with Gasteiger partial charge in [-0.05, 0) is 19.9 Å². The van der Waals surface area contributed by atoms with Crippen molar-refractivity contribution in [2.45, 2.75) is 26.3 Å². The summed E-state index contributed by atoms with van der Waals surface area (Å²) >= 11 is 0. The predicted octanol–water partition coefficient (Wildman–Crippen LogP) is 3.29. The molecule has 0 radical (unpaired) electrons. The summed E-state index contributed by atoms with van der Waals surface area (Å²) in [5.74, 6) is -0.0479. The molecule has 140 valence electrons. The summed E-state index contributed by atoms with van der Waals surface area (Å²) in [6.45, 7) is 8.19. The molecule has 0 amide bonds. The molecule has 2 N–H and O–H groups in total. The molecule has 1 aromatic rings. The van der Waals surface area contributed by atoms with Gasteiger partial charge in [-0.2, -0.15) is 0 Å². The number of nitrogens with one attached hydrogen (secondary N) is 1. The van der Waals surface area contributed by atoms with E-state index < -0.39 is 12.5 Å². The molecule has 0 spiro atoms. The highest BCUT2D eigenvalue weighted by molar-refractivity contribution is 5.85. The van der Waals surface area contributed by atoms with E-state index in [4.69, 9.17) is 0 Å². The first-order chi connectivity index (χ1) is 10.6. The van der Waals surface area contributed by atoms with E-state index in [1.54, 1.807) is 17.0 Å². The number of aromatic hydroxyl groups is 1. The van der Waals surface area contributed by atoms with Crippen LogP contribution in [-0.4, -0.2) is 55.7 Å². The Morgan fingerprint density at radius 1 is 1.17 bits per heavy atom. The Morgan fingerprint density at radius 3 is 2.21 bits per heavy atom. The summed E-state index contributed by atoms with van der Waals surface area (Å²) in [5.41, 5.74) is 1.17. The van der Waals surface area contributed by atoms with Gasteiger partial charge in [-0.1, -0.05) is 6.07 Å². The maximum Gasteiger partial charge on any atom is 0.258 e. The van der Waals surface area contributed by atoms with Crippen LogP contribution in [0, 0.1) is 0 Å². The van der Waals surface area contributed by atoms with E-state index in [1.807, 2.05) is 19.9 Å². The minimum atomic E-state index is -2.52. The number of rotatable bonds is 6. The third-order valence-electron chi connectivity index (χ3n) is 4.24. The van der Waals surface area contributed by atoms with Crippen molar-refractivity contribution in [1.29, 1.82) is 0 Å². The number of nitrogens with zero attached hydrogens (tertiary/aromatic N) is 2. The summed E-state index contributed by atoms with van der Waals surface area (Å²) in [4.78, 5) is 3.82. The molecular weight excluding hydrogens is 359 g/mol. The Balaban J connectivity index is 0.00000264. The van der Waals surface area contributed by atoms with Crippen molar-refractivity contribution in [3.63, 3.8) is 0 Å². The molecule has 1 aliphatic rings. The molecule has 1 fully saturated rings. The molecular formula is C16H27Cl2F2N3O. The van der Waals surface area contributed by atoms with E-state index in [2.05, 4.69) is 10.2 Å². The van der Waals surface area contributed by atoms with Gasteiger partial charge in [-0.25, -0.2) is 8.78 Å². The maximum absolute atomic E-state index is 13.6. The largest absolute Gasteiger partial charge is 0.508 e. The number of anilines is 1. The van der Waals surface area contributed by atoms with Gasteiger partial charge < -0.3 is 15.3 Å². The SMILES string of the molecule is CCN(CC)c1ccc([C@@H](C(F)F)N2CCNCC2)c(O)c1.Cl.Cl. The van der Waals surface area contributed by atoms with Gasteiger partial charge in [0.05, 0.1) is 6.04 Å². The van der Waals surface area contributed by atoms with Crippen molar-refractivity contribution in [3.05, 3.63) is 23.8 Å². The van der Waals surface area contributed by atoms with Gasteiger partial charge >= 0.3 is 0 Å². The van der Waals surface area contributed by atoms with Gasteiger partial charge in [-0.15, -0.1) is 24.8 Å². The fourth-order valence-electron chi connectivity index (χ4n) is 3.02. The second-order valence-corrected chi connectivity index (χ2v) is 5.48. The molecule has 0 bridgehead atoms. The third kappa shape index (κ3) is 5.34. The lowest BCUT2D eigenvalue weighted by Crippen LogP contribution is -2.46. The fraction of sp³-hybridized carbons (Fsp3) is 0.625. The van der Waals surface area contributed by atoms with Crippen molar-refractivity contribution in [1.82, 2.24) is 10.2 Å². The van der Waals surface area contributed by atoms with E-state index in [0.717, 1.165) is 18.8 Å². The molecule has 1 aromatic carbocycles. The summed E-state index contributed by atoms with van der Waals surface area (Å²) < 4.78 is 27.1. The molecule has 0 unspecified atom stereocenters. The number of alkyl halides is 2. The van der Waals surface area contributed by atoms with Crippen LogP contribution in [0.25, 0.3) is 0 Å². The number of phenols is 1. The summed E-state index contributed by atoms with van der Waals surface area (Å²) in [6, 6.07) is 4.01. The van der Waals surface area contributed by atoms with E-state index >= 15 is 0 Å². The smallest absolute Gasteiger partial charge is 0.258 e. The van der Waals surface area contributed by atoms with Crippen LogP contribution < -0.4 is 10.2 Å². The number of halogens is 4. The number of hydrogen-bond acceptors (Lipinski definition) is 4. The normalized spacial score (nSPS) is 16.2. The Morgan fingerprint density at radius 2 is 1.75 bits per heavy atom. The van der Waals surface area contributed by atoms with E-state index in [9.17, 15) is 13.9 Å². The Labute approximate surface area is 155 Å². The molecule has 1 aliphatic heterocycles. The highest BCUT2D eigenvalue weighted by Crippen LogP contribution is 2.35. The highest BCUT2D eigenvalue weighted by Gasteiger charge is 2.32. The minimum Gasteiger partial charge on any atom is -0.508 e. The van der Waals surface area contributed by atoms with Gasteiger partial charge in [-0.3, -0.25) is 4.90 Å². The molecule has 2 rings (SSSR count). The number of hydrogen-bond donors (Lipinski definition) is 2. The summed E-state index contributed by atoms with van der Waals surface area (Å²) in [7, 11) is 0. The van der Waals surface area contributed by atoms with Crippen molar-refractivity contribution in [2.75, 3.05) is 44.2 Å². The van der Waals surface area contributed by atoms with Crippen LogP contribution in [0.15, 0.2) is 18.2 Å². The second kappa shape index (κ2) is 10.9. The van der Waals surface area contributed by atoms with E-state index in [0.29, 0.717) is 31.7 Å². The molecule has 8 heteroatoms. The first-order valence-corrected chi connectivity index (χ1v) is 7.89. The van der Waals surface area contributed by atoms with Crippen molar-refractivity contribution in [3.8, 4) is 5.75 Å². The van der Waals surface area contributed by atoms with Crippen LogP contribution in [0.2, 0.25) is 0 Å². The van der Waals surface area contributed by atoms with Crippen LogP contribution >= 0.6 is 24.8 Å². The number of phenolic OH excluding ortho intramolecular Hbond substituents is 1. The third-order valence-corrected chi connectivity index (χ3v) is 4.24. The zero-order valence-corrected chi connectivity index (χ0v) is 15.7. The Kier molecular flexibility index (Phi) is 10.6. The molecule has 0 aliphatic carbocycles. The maximum atomic E-state index is 13.6. The van der Waals surface area contributed by atoms with Crippen LogP contribution in [0.5, 0.6) is 5.75 Å². The second-order valence-electron chi connectivity index (χ2n) is 5.48.